The zero-order valence-corrected chi connectivity index (χ0v) is 8.99. The molecule has 14 heavy (non-hydrogen) atoms. The molecule has 1 heteroatoms. The zero-order valence-electron chi connectivity index (χ0n) is 8.99. The van der Waals surface area contributed by atoms with Crippen LogP contribution in [-0.4, -0.2) is 11.2 Å². The van der Waals surface area contributed by atoms with Gasteiger partial charge in [-0.2, -0.15) is 0 Å². The van der Waals surface area contributed by atoms with Crippen molar-refractivity contribution in [2.24, 2.45) is 23.7 Å². The van der Waals surface area contributed by atoms with Crippen molar-refractivity contribution in [3.05, 3.63) is 0 Å². The lowest BCUT2D eigenvalue weighted by atomic mass is 9.79. The molecule has 3 fully saturated rings. The molecule has 0 aromatic heterocycles. The van der Waals surface area contributed by atoms with Gasteiger partial charge in [0.2, 0.25) is 0 Å². The zero-order chi connectivity index (χ0) is 9.54. The van der Waals surface area contributed by atoms with E-state index in [4.69, 9.17) is 0 Å². The lowest BCUT2D eigenvalue weighted by Gasteiger charge is -2.30. The molecule has 3 rings (SSSR count). The van der Waals surface area contributed by atoms with Gasteiger partial charge in [0.05, 0.1) is 6.10 Å². The molecule has 4 unspecified atom stereocenters. The molecule has 4 atom stereocenters. The van der Waals surface area contributed by atoms with Gasteiger partial charge < -0.3 is 5.11 Å². The first-order chi connectivity index (χ1) is 6.84. The molecule has 0 aliphatic heterocycles. The summed E-state index contributed by atoms with van der Waals surface area (Å²) in [6.07, 6.45) is 11.1. The Kier molecular flexibility index (Phi) is 2.31. The lowest BCUT2D eigenvalue weighted by Crippen LogP contribution is -2.31. The van der Waals surface area contributed by atoms with Gasteiger partial charge in [-0.15, -0.1) is 0 Å². The smallest absolute Gasteiger partial charge is 0.0599 e. The van der Waals surface area contributed by atoms with Crippen LogP contribution in [0.2, 0.25) is 0 Å². The molecule has 1 N–H and O–H groups in total. The minimum absolute atomic E-state index is 0.0628. The largest absolute Gasteiger partial charge is 0.393 e. The van der Waals surface area contributed by atoms with Gasteiger partial charge in [0.1, 0.15) is 0 Å². The van der Waals surface area contributed by atoms with Crippen LogP contribution in [0.5, 0.6) is 0 Å². The van der Waals surface area contributed by atoms with Gasteiger partial charge in [-0.3, -0.25) is 0 Å². The molecule has 1 nitrogen and oxygen atoms in total. The van der Waals surface area contributed by atoms with Crippen molar-refractivity contribution in [1.82, 2.24) is 0 Å². The summed E-state index contributed by atoms with van der Waals surface area (Å²) in [6.45, 7) is 0. The van der Waals surface area contributed by atoms with Crippen LogP contribution < -0.4 is 0 Å². The first kappa shape index (κ1) is 9.21. The lowest BCUT2D eigenvalue weighted by molar-refractivity contribution is 0.0273. The molecule has 0 aromatic carbocycles. The molecule has 3 aliphatic rings. The standard InChI is InChI=1S/C13H22O/c14-13(10-3-1-2-4-10)12-8-9-5-6-11(12)7-9/h9-14H,1-8H2. The summed E-state index contributed by atoms with van der Waals surface area (Å²) in [5, 5.41) is 10.4. The summed E-state index contributed by atoms with van der Waals surface area (Å²) in [5.41, 5.74) is 0. The number of hydrogen-bond donors (Lipinski definition) is 1. The van der Waals surface area contributed by atoms with E-state index >= 15 is 0 Å². The Hall–Kier alpha value is -0.0400. The van der Waals surface area contributed by atoms with Gasteiger partial charge in [-0.05, 0) is 55.8 Å². The highest BCUT2D eigenvalue weighted by Crippen LogP contribution is 2.51. The van der Waals surface area contributed by atoms with Crippen molar-refractivity contribution < 1.29 is 5.11 Å². The van der Waals surface area contributed by atoms with Crippen LogP contribution in [0.1, 0.15) is 51.4 Å². The molecule has 0 spiro atoms. The number of hydrogen-bond acceptors (Lipinski definition) is 1. The molecule has 0 radical (unpaired) electrons. The topological polar surface area (TPSA) is 20.2 Å². The Bertz CT molecular complexity index is 207. The monoisotopic (exact) mass is 194 g/mol. The van der Waals surface area contributed by atoms with Gasteiger partial charge in [0.25, 0.3) is 0 Å². The minimum atomic E-state index is 0.0628. The summed E-state index contributed by atoms with van der Waals surface area (Å²) >= 11 is 0. The SMILES string of the molecule is OC(C1CCCC1)C1CC2CCC1C2. The van der Waals surface area contributed by atoms with E-state index in [1.807, 2.05) is 0 Å². The summed E-state index contributed by atoms with van der Waals surface area (Å²) in [7, 11) is 0. The predicted octanol–water partition coefficient (Wildman–Crippen LogP) is 2.97. The predicted molar refractivity (Wildman–Crippen MR) is 56.9 cm³/mol. The molecular weight excluding hydrogens is 172 g/mol. The molecule has 0 heterocycles. The van der Waals surface area contributed by atoms with E-state index < -0.39 is 0 Å². The Morgan fingerprint density at radius 2 is 1.71 bits per heavy atom. The highest BCUT2D eigenvalue weighted by Gasteiger charge is 2.44. The molecule has 2 bridgehead atoms. The number of aliphatic hydroxyl groups is 1. The van der Waals surface area contributed by atoms with Gasteiger partial charge in [0, 0.05) is 0 Å². The first-order valence-corrected chi connectivity index (χ1v) is 6.52. The van der Waals surface area contributed by atoms with E-state index in [0.29, 0.717) is 11.8 Å². The fraction of sp³-hybridized carbons (Fsp3) is 1.00. The first-order valence-electron chi connectivity index (χ1n) is 6.52. The maximum Gasteiger partial charge on any atom is 0.0599 e. The second kappa shape index (κ2) is 3.52. The van der Waals surface area contributed by atoms with E-state index in [1.54, 1.807) is 0 Å². The van der Waals surface area contributed by atoms with Gasteiger partial charge >= 0.3 is 0 Å². The van der Waals surface area contributed by atoms with Crippen molar-refractivity contribution in [3.8, 4) is 0 Å². The quantitative estimate of drug-likeness (QED) is 0.716. The van der Waals surface area contributed by atoms with Crippen LogP contribution >= 0.6 is 0 Å². The fourth-order valence-corrected chi connectivity index (χ4v) is 4.36. The van der Waals surface area contributed by atoms with Gasteiger partial charge in [-0.1, -0.05) is 19.3 Å². The van der Waals surface area contributed by atoms with Crippen LogP contribution in [0.3, 0.4) is 0 Å². The van der Waals surface area contributed by atoms with Crippen LogP contribution in [0.4, 0.5) is 0 Å². The molecular formula is C13H22O. The van der Waals surface area contributed by atoms with Crippen molar-refractivity contribution in [3.63, 3.8) is 0 Å². The number of aliphatic hydroxyl groups excluding tert-OH is 1. The van der Waals surface area contributed by atoms with Crippen molar-refractivity contribution in [1.29, 1.82) is 0 Å². The highest BCUT2D eigenvalue weighted by atomic mass is 16.3. The molecule has 0 aromatic rings. The van der Waals surface area contributed by atoms with Crippen LogP contribution in [0.15, 0.2) is 0 Å². The van der Waals surface area contributed by atoms with E-state index in [0.717, 1.165) is 11.8 Å². The molecule has 80 valence electrons. The van der Waals surface area contributed by atoms with Gasteiger partial charge in [-0.25, -0.2) is 0 Å². The average Bonchev–Trinajstić information content (AvgIpc) is 2.93. The Labute approximate surface area is 86.9 Å². The summed E-state index contributed by atoms with van der Waals surface area (Å²) in [6, 6.07) is 0. The van der Waals surface area contributed by atoms with Crippen LogP contribution in [0.25, 0.3) is 0 Å². The summed E-state index contributed by atoms with van der Waals surface area (Å²) in [4.78, 5) is 0. The van der Waals surface area contributed by atoms with E-state index in [-0.39, 0.29) is 6.10 Å². The van der Waals surface area contributed by atoms with E-state index in [2.05, 4.69) is 0 Å². The fourth-order valence-electron chi connectivity index (χ4n) is 4.36. The second-order valence-electron chi connectivity index (χ2n) is 5.87. The maximum atomic E-state index is 10.4. The third-order valence-electron chi connectivity index (χ3n) is 5.11. The molecule has 0 amide bonds. The number of rotatable bonds is 2. The van der Waals surface area contributed by atoms with Crippen LogP contribution in [0, 0.1) is 23.7 Å². The third kappa shape index (κ3) is 1.41. The maximum absolute atomic E-state index is 10.4. The van der Waals surface area contributed by atoms with Crippen molar-refractivity contribution >= 4 is 0 Å². The third-order valence-corrected chi connectivity index (χ3v) is 5.11. The van der Waals surface area contributed by atoms with E-state index in [1.165, 1.54) is 51.4 Å². The summed E-state index contributed by atoms with van der Waals surface area (Å²) < 4.78 is 0. The van der Waals surface area contributed by atoms with Crippen molar-refractivity contribution in [2.45, 2.75) is 57.5 Å². The Morgan fingerprint density at radius 3 is 2.29 bits per heavy atom. The average molecular weight is 194 g/mol. The highest BCUT2D eigenvalue weighted by molar-refractivity contribution is 4.95. The Morgan fingerprint density at radius 1 is 0.929 bits per heavy atom. The molecule has 3 saturated carbocycles. The molecule has 0 saturated heterocycles. The normalized spacial score (nSPS) is 44.8. The van der Waals surface area contributed by atoms with E-state index in [9.17, 15) is 5.11 Å². The van der Waals surface area contributed by atoms with Gasteiger partial charge in [0.15, 0.2) is 0 Å². The molecule has 3 aliphatic carbocycles. The second-order valence-corrected chi connectivity index (χ2v) is 5.87. The minimum Gasteiger partial charge on any atom is -0.393 e. The number of fused-ring (bicyclic) bond motifs is 2. The van der Waals surface area contributed by atoms with Crippen LogP contribution in [-0.2, 0) is 0 Å². The summed E-state index contributed by atoms with van der Waals surface area (Å²) in [5.74, 6) is 3.24. The van der Waals surface area contributed by atoms with Crippen molar-refractivity contribution in [2.75, 3.05) is 0 Å². The Balaban J connectivity index is 1.64.